The van der Waals surface area contributed by atoms with E-state index < -0.39 is 0 Å². The molecular formula is C9H19N. The lowest BCUT2D eigenvalue weighted by Gasteiger charge is -2.06. The fourth-order valence-electron chi connectivity index (χ4n) is 1.28. The second kappa shape index (κ2) is 3.97. The Morgan fingerprint density at radius 2 is 2.20 bits per heavy atom. The third-order valence-corrected chi connectivity index (χ3v) is 2.41. The highest BCUT2D eigenvalue weighted by Gasteiger charge is 2.20. The van der Waals surface area contributed by atoms with Gasteiger partial charge in [-0.15, -0.1) is 0 Å². The van der Waals surface area contributed by atoms with E-state index in [0.29, 0.717) is 6.04 Å². The highest BCUT2D eigenvalue weighted by Crippen LogP contribution is 2.33. The Hall–Kier alpha value is -0.0400. The second-order valence-corrected chi connectivity index (χ2v) is 3.54. The van der Waals surface area contributed by atoms with Gasteiger partial charge >= 0.3 is 0 Å². The van der Waals surface area contributed by atoms with E-state index in [1.165, 1.54) is 32.1 Å². The van der Waals surface area contributed by atoms with E-state index in [1.54, 1.807) is 0 Å². The number of hydrogen-bond donors (Lipinski definition) is 1. The molecule has 0 aromatic carbocycles. The van der Waals surface area contributed by atoms with Crippen LogP contribution in [0.15, 0.2) is 0 Å². The van der Waals surface area contributed by atoms with Crippen molar-refractivity contribution < 1.29 is 0 Å². The van der Waals surface area contributed by atoms with Crippen LogP contribution in [0.1, 0.15) is 45.4 Å². The maximum absolute atomic E-state index is 5.78. The van der Waals surface area contributed by atoms with Gasteiger partial charge in [0, 0.05) is 6.04 Å². The van der Waals surface area contributed by atoms with Crippen molar-refractivity contribution >= 4 is 0 Å². The lowest BCUT2D eigenvalue weighted by atomic mass is 10.1. The molecule has 1 rings (SSSR count). The predicted octanol–water partition coefficient (Wildman–Crippen LogP) is 2.30. The first-order valence-corrected chi connectivity index (χ1v) is 4.58. The minimum atomic E-state index is 0.471. The molecule has 0 amide bonds. The van der Waals surface area contributed by atoms with E-state index >= 15 is 0 Å². The summed E-state index contributed by atoms with van der Waals surface area (Å²) < 4.78 is 0. The molecule has 2 N–H and O–H groups in total. The summed E-state index contributed by atoms with van der Waals surface area (Å²) in [7, 11) is 0. The minimum Gasteiger partial charge on any atom is -0.328 e. The third kappa shape index (κ3) is 3.21. The molecule has 0 aromatic heterocycles. The van der Waals surface area contributed by atoms with Crippen molar-refractivity contribution in [1.82, 2.24) is 0 Å². The van der Waals surface area contributed by atoms with E-state index in [4.69, 9.17) is 5.73 Å². The van der Waals surface area contributed by atoms with Crippen LogP contribution in [0.3, 0.4) is 0 Å². The first kappa shape index (κ1) is 8.06. The van der Waals surface area contributed by atoms with Gasteiger partial charge in [0.2, 0.25) is 0 Å². The van der Waals surface area contributed by atoms with Gasteiger partial charge in [-0.05, 0) is 18.8 Å². The summed E-state index contributed by atoms with van der Waals surface area (Å²) in [4.78, 5) is 0. The quantitative estimate of drug-likeness (QED) is 0.624. The summed E-state index contributed by atoms with van der Waals surface area (Å²) in [5.74, 6) is 1.09. The predicted molar refractivity (Wildman–Crippen MR) is 44.8 cm³/mol. The van der Waals surface area contributed by atoms with Gasteiger partial charge in [-0.25, -0.2) is 0 Å². The molecule has 1 unspecified atom stereocenters. The van der Waals surface area contributed by atoms with Crippen molar-refractivity contribution in [3.05, 3.63) is 0 Å². The Morgan fingerprint density at radius 3 is 2.70 bits per heavy atom. The number of hydrogen-bond acceptors (Lipinski definition) is 1. The molecule has 1 atom stereocenters. The summed E-state index contributed by atoms with van der Waals surface area (Å²) in [6.45, 7) is 2.17. The van der Waals surface area contributed by atoms with E-state index in [2.05, 4.69) is 6.92 Å². The average molecular weight is 141 g/mol. The Labute approximate surface area is 64.0 Å². The van der Waals surface area contributed by atoms with Crippen molar-refractivity contribution in [1.29, 1.82) is 0 Å². The van der Waals surface area contributed by atoms with Gasteiger partial charge in [-0.3, -0.25) is 0 Å². The van der Waals surface area contributed by atoms with E-state index in [9.17, 15) is 0 Å². The lowest BCUT2D eigenvalue weighted by Crippen LogP contribution is -2.17. The molecule has 1 saturated carbocycles. The molecule has 1 nitrogen and oxygen atoms in total. The standard InChI is InChI=1S/C9H19N/c1-2-9(10)5-3-4-8-6-7-8/h8-9H,2-7,10H2,1H3. The SMILES string of the molecule is CCC(N)CCCC1CC1. The molecule has 0 aromatic rings. The zero-order valence-electron chi connectivity index (χ0n) is 6.97. The van der Waals surface area contributed by atoms with Crippen LogP contribution in [0.25, 0.3) is 0 Å². The van der Waals surface area contributed by atoms with Crippen molar-refractivity contribution in [2.45, 2.75) is 51.5 Å². The highest BCUT2D eigenvalue weighted by molar-refractivity contribution is 4.73. The zero-order chi connectivity index (χ0) is 7.40. The van der Waals surface area contributed by atoms with Crippen LogP contribution in [0, 0.1) is 5.92 Å². The van der Waals surface area contributed by atoms with E-state index in [1.807, 2.05) is 0 Å². The molecule has 1 heteroatoms. The second-order valence-electron chi connectivity index (χ2n) is 3.54. The van der Waals surface area contributed by atoms with Gasteiger partial charge in [0.1, 0.15) is 0 Å². The van der Waals surface area contributed by atoms with Gasteiger partial charge < -0.3 is 5.73 Å². The third-order valence-electron chi connectivity index (χ3n) is 2.41. The topological polar surface area (TPSA) is 26.0 Å². The summed E-state index contributed by atoms with van der Waals surface area (Å²) in [6.07, 6.45) is 8.16. The maximum Gasteiger partial charge on any atom is 0.00362 e. The molecule has 1 aliphatic carbocycles. The van der Waals surface area contributed by atoms with E-state index in [-0.39, 0.29) is 0 Å². The van der Waals surface area contributed by atoms with Crippen molar-refractivity contribution in [2.24, 2.45) is 11.7 Å². The number of nitrogens with two attached hydrogens (primary N) is 1. The zero-order valence-corrected chi connectivity index (χ0v) is 6.97. The van der Waals surface area contributed by atoms with Crippen molar-refractivity contribution in [2.75, 3.05) is 0 Å². The molecule has 0 bridgehead atoms. The fraction of sp³-hybridized carbons (Fsp3) is 1.00. The largest absolute Gasteiger partial charge is 0.328 e. The van der Waals surface area contributed by atoms with Gasteiger partial charge in [-0.2, -0.15) is 0 Å². The molecule has 0 radical (unpaired) electrons. The molecule has 1 aliphatic rings. The van der Waals surface area contributed by atoms with Crippen LogP contribution in [0.5, 0.6) is 0 Å². The smallest absolute Gasteiger partial charge is 0.00362 e. The molecule has 0 aliphatic heterocycles. The molecule has 1 fully saturated rings. The molecule has 0 heterocycles. The van der Waals surface area contributed by atoms with Crippen LogP contribution >= 0.6 is 0 Å². The molecular weight excluding hydrogens is 122 g/mol. The first-order chi connectivity index (χ1) is 4.83. The maximum atomic E-state index is 5.78. The molecule has 10 heavy (non-hydrogen) atoms. The van der Waals surface area contributed by atoms with Gasteiger partial charge in [0.25, 0.3) is 0 Å². The Morgan fingerprint density at radius 1 is 1.50 bits per heavy atom. The van der Waals surface area contributed by atoms with E-state index in [0.717, 1.165) is 12.3 Å². The van der Waals surface area contributed by atoms with Crippen LogP contribution < -0.4 is 5.73 Å². The molecule has 60 valence electrons. The van der Waals surface area contributed by atoms with Gasteiger partial charge in [0.05, 0.1) is 0 Å². The van der Waals surface area contributed by atoms with Crippen LogP contribution in [-0.4, -0.2) is 6.04 Å². The Balaban J connectivity index is 1.83. The van der Waals surface area contributed by atoms with Crippen molar-refractivity contribution in [3.8, 4) is 0 Å². The van der Waals surface area contributed by atoms with Crippen LogP contribution in [0.2, 0.25) is 0 Å². The van der Waals surface area contributed by atoms with Crippen LogP contribution in [-0.2, 0) is 0 Å². The fourth-order valence-corrected chi connectivity index (χ4v) is 1.28. The number of rotatable bonds is 5. The normalized spacial score (nSPS) is 21.0. The van der Waals surface area contributed by atoms with Crippen molar-refractivity contribution in [3.63, 3.8) is 0 Å². The average Bonchev–Trinajstić information content (AvgIpc) is 2.71. The summed E-state index contributed by atoms with van der Waals surface area (Å²) in [6, 6.07) is 0.471. The van der Waals surface area contributed by atoms with Gasteiger partial charge in [-0.1, -0.05) is 32.6 Å². The molecule has 0 saturated heterocycles. The summed E-state index contributed by atoms with van der Waals surface area (Å²) in [5, 5.41) is 0. The Kier molecular flexibility index (Phi) is 3.20. The minimum absolute atomic E-state index is 0.471. The highest BCUT2D eigenvalue weighted by atomic mass is 14.6. The van der Waals surface area contributed by atoms with Gasteiger partial charge in [0.15, 0.2) is 0 Å². The summed E-state index contributed by atoms with van der Waals surface area (Å²) in [5.41, 5.74) is 5.78. The van der Waals surface area contributed by atoms with Crippen LogP contribution in [0.4, 0.5) is 0 Å². The Bertz CT molecular complexity index is 86.7. The lowest BCUT2D eigenvalue weighted by molar-refractivity contribution is 0.533. The first-order valence-electron chi connectivity index (χ1n) is 4.58. The molecule has 0 spiro atoms. The monoisotopic (exact) mass is 141 g/mol. The summed E-state index contributed by atoms with van der Waals surface area (Å²) >= 11 is 0.